The van der Waals surface area contributed by atoms with E-state index in [1.807, 2.05) is 0 Å². The second-order valence-corrected chi connectivity index (χ2v) is 6.44. The van der Waals surface area contributed by atoms with E-state index in [0.717, 1.165) is 25.7 Å². The molecule has 1 heterocycles. The monoisotopic (exact) mass is 303 g/mol. The first kappa shape index (κ1) is 15.2. The summed E-state index contributed by atoms with van der Waals surface area (Å²) in [6, 6.07) is 6.40. The maximum Gasteiger partial charge on any atom is 0.246 e. The third-order valence-electron chi connectivity index (χ3n) is 5.05. The van der Waals surface area contributed by atoms with Crippen LogP contribution in [0.25, 0.3) is 6.08 Å². The number of hydrogen-bond donors (Lipinski definition) is 1. The molecule has 0 aromatic heterocycles. The fourth-order valence-electron chi connectivity index (χ4n) is 3.65. The van der Waals surface area contributed by atoms with Crippen LogP contribution in [-0.2, 0) is 4.79 Å². The number of hydrogen-bond acceptors (Lipinski definition) is 2. The predicted molar refractivity (Wildman–Crippen MR) is 83.5 cm³/mol. The second kappa shape index (κ2) is 6.21. The molecule has 1 aliphatic carbocycles. The summed E-state index contributed by atoms with van der Waals surface area (Å²) in [5.41, 5.74) is -0.161. The number of aliphatic hydroxyl groups is 1. The zero-order valence-electron chi connectivity index (χ0n) is 12.7. The van der Waals surface area contributed by atoms with E-state index in [2.05, 4.69) is 0 Å². The molecule has 22 heavy (non-hydrogen) atoms. The Bertz CT molecular complexity index is 586. The predicted octanol–water partition coefficient (Wildman–Crippen LogP) is 2.99. The van der Waals surface area contributed by atoms with Crippen LogP contribution in [0.15, 0.2) is 30.3 Å². The molecule has 2 aliphatic rings. The summed E-state index contributed by atoms with van der Waals surface area (Å²) in [6.45, 7) is 1.18. The Balaban J connectivity index is 1.65. The van der Waals surface area contributed by atoms with Crippen molar-refractivity contribution < 1.29 is 14.3 Å². The van der Waals surface area contributed by atoms with Gasteiger partial charge >= 0.3 is 0 Å². The molecule has 2 fully saturated rings. The van der Waals surface area contributed by atoms with Crippen molar-refractivity contribution in [2.45, 2.75) is 37.7 Å². The fraction of sp³-hybridized carbons (Fsp3) is 0.500. The van der Waals surface area contributed by atoms with Gasteiger partial charge in [-0.15, -0.1) is 0 Å². The molecule has 1 N–H and O–H groups in total. The number of halogens is 1. The maximum absolute atomic E-state index is 13.5. The van der Waals surface area contributed by atoms with E-state index >= 15 is 0 Å². The van der Waals surface area contributed by atoms with Gasteiger partial charge in [-0.1, -0.05) is 31.0 Å². The van der Waals surface area contributed by atoms with Gasteiger partial charge in [-0.25, -0.2) is 4.39 Å². The van der Waals surface area contributed by atoms with E-state index in [0.29, 0.717) is 25.1 Å². The molecule has 1 saturated carbocycles. The Morgan fingerprint density at radius 1 is 1.32 bits per heavy atom. The molecule has 3 nitrogen and oxygen atoms in total. The molecule has 118 valence electrons. The van der Waals surface area contributed by atoms with E-state index in [-0.39, 0.29) is 17.6 Å². The third kappa shape index (κ3) is 3.07. The van der Waals surface area contributed by atoms with E-state index in [9.17, 15) is 14.3 Å². The van der Waals surface area contributed by atoms with Crippen LogP contribution in [0, 0.1) is 11.7 Å². The van der Waals surface area contributed by atoms with Gasteiger partial charge in [0.2, 0.25) is 5.91 Å². The number of benzene rings is 1. The molecule has 1 saturated heterocycles. The molecule has 2 atom stereocenters. The summed E-state index contributed by atoms with van der Waals surface area (Å²) in [7, 11) is 0. The van der Waals surface area contributed by atoms with Crippen LogP contribution < -0.4 is 0 Å². The summed E-state index contributed by atoms with van der Waals surface area (Å²) in [4.78, 5) is 14.1. The molecule has 1 aromatic rings. The van der Waals surface area contributed by atoms with Crippen molar-refractivity contribution in [1.82, 2.24) is 4.90 Å². The second-order valence-electron chi connectivity index (χ2n) is 6.44. The zero-order valence-corrected chi connectivity index (χ0v) is 12.7. The van der Waals surface area contributed by atoms with E-state index < -0.39 is 5.60 Å². The van der Waals surface area contributed by atoms with Crippen LogP contribution in [0.4, 0.5) is 4.39 Å². The van der Waals surface area contributed by atoms with E-state index in [4.69, 9.17) is 0 Å². The minimum atomic E-state index is -0.579. The summed E-state index contributed by atoms with van der Waals surface area (Å²) >= 11 is 0. The lowest BCUT2D eigenvalue weighted by Gasteiger charge is -2.47. The number of fused-ring (bicyclic) bond motifs is 1. The molecule has 0 radical (unpaired) electrons. The Hall–Kier alpha value is -1.68. The summed E-state index contributed by atoms with van der Waals surface area (Å²) in [6.07, 6.45) is 7.65. The summed E-state index contributed by atoms with van der Waals surface area (Å²) in [5, 5.41) is 10.6. The first-order chi connectivity index (χ1) is 10.6. The van der Waals surface area contributed by atoms with Crippen LogP contribution in [0.2, 0.25) is 0 Å². The number of amides is 1. The highest BCUT2D eigenvalue weighted by molar-refractivity contribution is 5.91. The standard InChI is InChI=1S/C18H22FNO2/c19-16-7-2-1-5-14(16)8-9-17(21)20-12-11-18(22)10-4-3-6-15(18)13-20/h1-2,5,7-9,15,22H,3-4,6,10-13H2/b9-8+/t15-,18+/m1/s1. The van der Waals surface area contributed by atoms with Gasteiger partial charge in [-0.2, -0.15) is 0 Å². The highest BCUT2D eigenvalue weighted by atomic mass is 19.1. The first-order valence-electron chi connectivity index (χ1n) is 8.02. The molecule has 4 heteroatoms. The summed E-state index contributed by atoms with van der Waals surface area (Å²) < 4.78 is 13.5. The number of carbonyl (C=O) groups is 1. The van der Waals surface area contributed by atoms with Gasteiger partial charge in [-0.3, -0.25) is 4.79 Å². The molecule has 1 aliphatic heterocycles. The topological polar surface area (TPSA) is 40.5 Å². The Morgan fingerprint density at radius 2 is 2.14 bits per heavy atom. The van der Waals surface area contributed by atoms with Crippen LogP contribution in [-0.4, -0.2) is 34.6 Å². The first-order valence-corrected chi connectivity index (χ1v) is 8.02. The maximum atomic E-state index is 13.5. The van der Waals surface area contributed by atoms with Crippen LogP contribution in [0.3, 0.4) is 0 Å². The zero-order chi connectivity index (χ0) is 15.6. The highest BCUT2D eigenvalue weighted by Gasteiger charge is 2.43. The van der Waals surface area contributed by atoms with Crippen molar-refractivity contribution in [3.63, 3.8) is 0 Å². The van der Waals surface area contributed by atoms with Gasteiger partial charge in [-0.05, 0) is 31.4 Å². The minimum absolute atomic E-state index is 0.101. The quantitative estimate of drug-likeness (QED) is 0.853. The average molecular weight is 303 g/mol. The molecule has 1 amide bonds. The van der Waals surface area contributed by atoms with Crippen molar-refractivity contribution in [2.24, 2.45) is 5.92 Å². The lowest BCUT2D eigenvalue weighted by molar-refractivity contribution is -0.138. The number of nitrogens with zero attached hydrogens (tertiary/aromatic N) is 1. The summed E-state index contributed by atoms with van der Waals surface area (Å²) in [5.74, 6) is -0.247. The molecule has 0 spiro atoms. The fourth-order valence-corrected chi connectivity index (χ4v) is 3.65. The minimum Gasteiger partial charge on any atom is -0.389 e. The van der Waals surface area contributed by atoms with Crippen molar-refractivity contribution in [2.75, 3.05) is 13.1 Å². The number of likely N-dealkylation sites (tertiary alicyclic amines) is 1. The largest absolute Gasteiger partial charge is 0.389 e. The SMILES string of the molecule is O=C(/C=C/c1ccccc1F)N1CC[C@@]2(O)CCCC[C@@H]2C1. The van der Waals surface area contributed by atoms with Crippen molar-refractivity contribution in [3.8, 4) is 0 Å². The Labute approximate surface area is 130 Å². The molecular weight excluding hydrogens is 281 g/mol. The van der Waals surface area contributed by atoms with Gasteiger partial charge in [0.25, 0.3) is 0 Å². The van der Waals surface area contributed by atoms with Crippen LogP contribution >= 0.6 is 0 Å². The lowest BCUT2D eigenvalue weighted by atomic mass is 9.71. The van der Waals surface area contributed by atoms with E-state index in [1.165, 1.54) is 18.2 Å². The molecule has 1 aromatic carbocycles. The highest BCUT2D eigenvalue weighted by Crippen LogP contribution is 2.39. The van der Waals surface area contributed by atoms with Crippen molar-refractivity contribution >= 4 is 12.0 Å². The van der Waals surface area contributed by atoms with Crippen LogP contribution in [0.5, 0.6) is 0 Å². The van der Waals surface area contributed by atoms with Gasteiger partial charge in [0, 0.05) is 30.6 Å². The number of piperidine rings is 1. The van der Waals surface area contributed by atoms with Gasteiger partial charge in [0.05, 0.1) is 5.60 Å². The lowest BCUT2D eigenvalue weighted by Crippen LogP contribution is -2.54. The van der Waals surface area contributed by atoms with Gasteiger partial charge < -0.3 is 10.0 Å². The van der Waals surface area contributed by atoms with E-state index in [1.54, 1.807) is 23.1 Å². The molecule has 0 unspecified atom stereocenters. The Morgan fingerprint density at radius 3 is 2.95 bits per heavy atom. The third-order valence-corrected chi connectivity index (χ3v) is 5.05. The van der Waals surface area contributed by atoms with Gasteiger partial charge in [0.15, 0.2) is 0 Å². The van der Waals surface area contributed by atoms with Crippen molar-refractivity contribution in [3.05, 3.63) is 41.7 Å². The molecule has 0 bridgehead atoms. The van der Waals surface area contributed by atoms with Gasteiger partial charge in [0.1, 0.15) is 5.82 Å². The number of carbonyl (C=O) groups excluding carboxylic acids is 1. The molecule has 3 rings (SSSR count). The smallest absolute Gasteiger partial charge is 0.246 e. The number of rotatable bonds is 2. The average Bonchev–Trinajstić information content (AvgIpc) is 2.53. The van der Waals surface area contributed by atoms with Crippen molar-refractivity contribution in [1.29, 1.82) is 0 Å². The Kier molecular flexibility index (Phi) is 4.30. The normalized spacial score (nSPS) is 28.6. The van der Waals surface area contributed by atoms with Crippen LogP contribution in [0.1, 0.15) is 37.7 Å². The molecular formula is C18H22FNO2.